The van der Waals surface area contributed by atoms with Crippen LogP contribution < -0.4 is 5.32 Å². The summed E-state index contributed by atoms with van der Waals surface area (Å²) in [6.45, 7) is 10.7. The second kappa shape index (κ2) is 12.9. The number of nitrogens with one attached hydrogen (secondary N) is 1. The van der Waals surface area contributed by atoms with Crippen molar-refractivity contribution in [1.82, 2.24) is 10.2 Å². The molecule has 0 spiro atoms. The fourth-order valence-electron chi connectivity index (χ4n) is 3.24. The SMILES string of the molecule is CC(C)CCCOCCNC(=O)CCCCCN1C(=O)CC(C(C)C)C1=O. The average molecular weight is 383 g/mol. The number of hydrogen-bond acceptors (Lipinski definition) is 4. The van der Waals surface area contributed by atoms with Crippen LogP contribution in [0.25, 0.3) is 0 Å². The van der Waals surface area contributed by atoms with Crippen LogP contribution in [0.4, 0.5) is 0 Å². The van der Waals surface area contributed by atoms with Crippen LogP contribution in [0, 0.1) is 17.8 Å². The molecule has 3 amide bonds. The lowest BCUT2D eigenvalue weighted by Crippen LogP contribution is -2.32. The van der Waals surface area contributed by atoms with Crippen LogP contribution in [0.1, 0.15) is 72.6 Å². The first-order chi connectivity index (χ1) is 12.8. The smallest absolute Gasteiger partial charge is 0.233 e. The van der Waals surface area contributed by atoms with E-state index in [4.69, 9.17) is 4.74 Å². The normalized spacial score (nSPS) is 17.4. The van der Waals surface area contributed by atoms with Gasteiger partial charge in [-0.1, -0.05) is 34.1 Å². The molecular weight excluding hydrogens is 344 g/mol. The van der Waals surface area contributed by atoms with Crippen LogP contribution in [-0.4, -0.2) is 48.9 Å². The number of rotatable bonds is 14. The standard InChI is InChI=1S/C21H38N2O4/c1-16(2)9-8-13-27-14-11-22-19(24)10-6-5-7-12-23-20(25)15-18(17(3)4)21(23)26/h16-18H,5-15H2,1-4H3,(H,22,24). The minimum atomic E-state index is -0.157. The molecule has 1 saturated heterocycles. The van der Waals surface area contributed by atoms with Crippen molar-refractivity contribution in [2.45, 2.75) is 72.6 Å². The predicted molar refractivity (Wildman–Crippen MR) is 106 cm³/mol. The van der Waals surface area contributed by atoms with Gasteiger partial charge in [-0.15, -0.1) is 0 Å². The number of nitrogens with zero attached hydrogens (tertiary/aromatic N) is 1. The first-order valence-electron chi connectivity index (χ1n) is 10.5. The number of ether oxygens (including phenoxy) is 1. The van der Waals surface area contributed by atoms with Gasteiger partial charge in [0.1, 0.15) is 0 Å². The third-order valence-corrected chi connectivity index (χ3v) is 5.01. The maximum Gasteiger partial charge on any atom is 0.233 e. The Morgan fingerprint density at radius 3 is 2.48 bits per heavy atom. The first kappa shape index (κ1) is 23.6. The summed E-state index contributed by atoms with van der Waals surface area (Å²) in [6, 6.07) is 0. The molecule has 1 heterocycles. The highest BCUT2D eigenvalue weighted by Crippen LogP contribution is 2.26. The number of carbonyl (C=O) groups excluding carboxylic acids is 3. The third-order valence-electron chi connectivity index (χ3n) is 5.01. The molecule has 0 aromatic carbocycles. The molecule has 0 aliphatic carbocycles. The Kier molecular flexibility index (Phi) is 11.3. The topological polar surface area (TPSA) is 75.7 Å². The Labute approximate surface area is 164 Å². The molecule has 0 radical (unpaired) electrons. The number of amides is 3. The molecule has 1 N–H and O–H groups in total. The van der Waals surface area contributed by atoms with E-state index in [1.165, 1.54) is 11.3 Å². The minimum Gasteiger partial charge on any atom is -0.380 e. The summed E-state index contributed by atoms with van der Waals surface area (Å²) < 4.78 is 5.50. The Bertz CT molecular complexity index is 477. The van der Waals surface area contributed by atoms with Crippen LogP contribution in [0.5, 0.6) is 0 Å². The summed E-state index contributed by atoms with van der Waals surface area (Å²) in [6.07, 6.45) is 5.41. The van der Waals surface area contributed by atoms with Crippen LogP contribution in [0.15, 0.2) is 0 Å². The number of hydrogen-bond donors (Lipinski definition) is 1. The maximum absolute atomic E-state index is 12.2. The van der Waals surface area contributed by atoms with E-state index >= 15 is 0 Å². The van der Waals surface area contributed by atoms with Crippen molar-refractivity contribution in [2.24, 2.45) is 17.8 Å². The second-order valence-electron chi connectivity index (χ2n) is 8.25. The summed E-state index contributed by atoms with van der Waals surface area (Å²) in [7, 11) is 0. The van der Waals surface area contributed by atoms with Crippen molar-refractivity contribution in [1.29, 1.82) is 0 Å². The number of unbranched alkanes of at least 4 members (excludes halogenated alkanes) is 2. The van der Waals surface area contributed by atoms with Crippen LogP contribution in [0.3, 0.4) is 0 Å². The monoisotopic (exact) mass is 382 g/mol. The van der Waals surface area contributed by atoms with E-state index in [2.05, 4.69) is 19.2 Å². The van der Waals surface area contributed by atoms with Gasteiger partial charge < -0.3 is 10.1 Å². The number of likely N-dealkylation sites (tertiary alicyclic amines) is 1. The van der Waals surface area contributed by atoms with Gasteiger partial charge in [0.2, 0.25) is 17.7 Å². The summed E-state index contributed by atoms with van der Waals surface area (Å²) in [5, 5.41) is 2.86. The summed E-state index contributed by atoms with van der Waals surface area (Å²) in [5.74, 6) is 0.705. The molecule has 1 fully saturated rings. The lowest BCUT2D eigenvalue weighted by Gasteiger charge is -2.16. The zero-order valence-corrected chi connectivity index (χ0v) is 17.6. The van der Waals surface area contributed by atoms with Crippen molar-refractivity contribution < 1.29 is 19.1 Å². The molecule has 1 aliphatic heterocycles. The number of imide groups is 1. The van der Waals surface area contributed by atoms with Gasteiger partial charge in [-0.25, -0.2) is 0 Å². The Morgan fingerprint density at radius 2 is 1.85 bits per heavy atom. The largest absolute Gasteiger partial charge is 0.380 e. The molecule has 6 heteroatoms. The van der Waals surface area contributed by atoms with Crippen LogP contribution in [-0.2, 0) is 19.1 Å². The molecule has 1 aliphatic rings. The van der Waals surface area contributed by atoms with Crippen molar-refractivity contribution in [3.63, 3.8) is 0 Å². The highest BCUT2D eigenvalue weighted by molar-refractivity contribution is 6.03. The minimum absolute atomic E-state index is 0.0267. The molecule has 27 heavy (non-hydrogen) atoms. The predicted octanol–water partition coefficient (Wildman–Crippen LogP) is 3.15. The molecule has 1 rings (SSSR count). The van der Waals surface area contributed by atoms with Gasteiger partial charge in [0.05, 0.1) is 6.61 Å². The van der Waals surface area contributed by atoms with Crippen LogP contribution >= 0.6 is 0 Å². The third kappa shape index (κ3) is 9.36. The van der Waals surface area contributed by atoms with Crippen molar-refractivity contribution >= 4 is 17.7 Å². The van der Waals surface area contributed by atoms with Crippen molar-refractivity contribution in [3.8, 4) is 0 Å². The maximum atomic E-state index is 12.2. The second-order valence-corrected chi connectivity index (χ2v) is 8.25. The molecule has 1 unspecified atom stereocenters. The summed E-state index contributed by atoms with van der Waals surface area (Å²) in [5.41, 5.74) is 0. The Hall–Kier alpha value is -1.43. The van der Waals surface area contributed by atoms with Gasteiger partial charge in [-0.2, -0.15) is 0 Å². The fourth-order valence-corrected chi connectivity index (χ4v) is 3.24. The highest BCUT2D eigenvalue weighted by Gasteiger charge is 2.39. The summed E-state index contributed by atoms with van der Waals surface area (Å²) >= 11 is 0. The van der Waals surface area contributed by atoms with Gasteiger partial charge in [-0.3, -0.25) is 19.3 Å². The van der Waals surface area contributed by atoms with Gasteiger partial charge in [0, 0.05) is 38.5 Å². The van der Waals surface area contributed by atoms with Gasteiger partial charge >= 0.3 is 0 Å². The van der Waals surface area contributed by atoms with E-state index in [9.17, 15) is 14.4 Å². The molecule has 156 valence electrons. The molecule has 0 aromatic heterocycles. The van der Waals surface area contributed by atoms with Gasteiger partial charge in [0.15, 0.2) is 0 Å². The lowest BCUT2D eigenvalue weighted by molar-refractivity contribution is -0.139. The Balaban J connectivity index is 2.01. The molecule has 0 aromatic rings. The molecule has 1 atom stereocenters. The zero-order valence-electron chi connectivity index (χ0n) is 17.6. The van der Waals surface area contributed by atoms with E-state index in [0.717, 1.165) is 32.3 Å². The first-order valence-corrected chi connectivity index (χ1v) is 10.5. The van der Waals surface area contributed by atoms with E-state index in [1.807, 2.05) is 13.8 Å². The molecular formula is C21H38N2O4. The van der Waals surface area contributed by atoms with Gasteiger partial charge in [0.25, 0.3) is 0 Å². The summed E-state index contributed by atoms with van der Waals surface area (Å²) in [4.78, 5) is 37.3. The number of carbonyl (C=O) groups is 3. The van der Waals surface area contributed by atoms with E-state index < -0.39 is 0 Å². The van der Waals surface area contributed by atoms with Crippen molar-refractivity contribution in [2.75, 3.05) is 26.3 Å². The van der Waals surface area contributed by atoms with Crippen molar-refractivity contribution in [3.05, 3.63) is 0 Å². The van der Waals surface area contributed by atoms with Crippen LogP contribution in [0.2, 0.25) is 0 Å². The van der Waals surface area contributed by atoms with E-state index in [1.54, 1.807) is 0 Å². The Morgan fingerprint density at radius 1 is 1.11 bits per heavy atom. The molecule has 0 saturated carbocycles. The fraction of sp³-hybridized carbons (Fsp3) is 0.857. The quantitative estimate of drug-likeness (QED) is 0.370. The average Bonchev–Trinajstić information content (AvgIpc) is 2.88. The zero-order chi connectivity index (χ0) is 20.2. The van der Waals surface area contributed by atoms with Gasteiger partial charge in [-0.05, 0) is 37.5 Å². The van der Waals surface area contributed by atoms with E-state index in [-0.39, 0.29) is 29.6 Å². The molecule has 6 nitrogen and oxygen atoms in total. The molecule has 0 bridgehead atoms. The van der Waals surface area contributed by atoms with E-state index in [0.29, 0.717) is 38.5 Å². The highest BCUT2D eigenvalue weighted by atomic mass is 16.5. The lowest BCUT2D eigenvalue weighted by atomic mass is 9.94.